The van der Waals surface area contributed by atoms with Crippen LogP contribution >= 0.6 is 7.26 Å². The van der Waals surface area contributed by atoms with E-state index in [4.69, 9.17) is 4.43 Å². The van der Waals surface area contributed by atoms with Crippen LogP contribution in [0.15, 0.2) is 115 Å². The van der Waals surface area contributed by atoms with E-state index < -0.39 is 15.6 Å². The number of rotatable bonds is 11. The zero-order valence-corrected chi connectivity index (χ0v) is 25.9. The molecule has 198 valence electrons. The van der Waals surface area contributed by atoms with Crippen molar-refractivity contribution in [3.63, 3.8) is 0 Å². The first-order chi connectivity index (χ1) is 18.3. The van der Waals surface area contributed by atoms with Crippen LogP contribution in [-0.4, -0.2) is 8.32 Å². The lowest BCUT2D eigenvalue weighted by molar-refractivity contribution is 0.266. The zero-order valence-electron chi connectivity index (χ0n) is 24.0. The number of benzene rings is 4. The minimum Gasteiger partial charge on any atom is -0.412 e. The summed E-state index contributed by atoms with van der Waals surface area (Å²) >= 11 is 0. The summed E-state index contributed by atoms with van der Waals surface area (Å²) in [5, 5.41) is 4.27. The molecular weight excluding hydrogens is 495 g/mol. The Morgan fingerprint density at radius 1 is 0.500 bits per heavy atom. The predicted octanol–water partition coefficient (Wildman–Crippen LogP) is 8.87. The fraction of sp³-hybridized carbons (Fsp3) is 0.314. The van der Waals surface area contributed by atoms with Gasteiger partial charge in [-0.3, -0.25) is 0 Å². The molecule has 0 aliphatic rings. The quantitative estimate of drug-likeness (QED) is 0.137. The van der Waals surface area contributed by atoms with Crippen LogP contribution in [0.25, 0.3) is 0 Å². The van der Waals surface area contributed by atoms with Crippen molar-refractivity contribution < 1.29 is 4.43 Å². The predicted molar refractivity (Wildman–Crippen MR) is 171 cm³/mol. The Morgan fingerprint density at radius 2 is 0.842 bits per heavy atom. The maximum absolute atomic E-state index is 6.89. The van der Waals surface area contributed by atoms with E-state index in [2.05, 4.69) is 157 Å². The molecule has 0 aromatic heterocycles. The summed E-state index contributed by atoms with van der Waals surface area (Å²) in [7, 11) is -3.78. The summed E-state index contributed by atoms with van der Waals surface area (Å²) in [5.41, 5.74) is 4.42. The van der Waals surface area contributed by atoms with E-state index in [0.29, 0.717) is 23.2 Å². The van der Waals surface area contributed by atoms with E-state index in [1.807, 2.05) is 0 Å². The maximum Gasteiger partial charge on any atom is 0.200 e. The maximum atomic E-state index is 6.89. The third-order valence-corrected chi connectivity index (χ3v) is 18.7. The van der Waals surface area contributed by atoms with Gasteiger partial charge in [0.2, 0.25) is 8.32 Å². The molecule has 1 nitrogen and oxygen atoms in total. The van der Waals surface area contributed by atoms with Gasteiger partial charge in [-0.25, -0.2) is 0 Å². The molecule has 0 atom stereocenters. The first-order valence-electron chi connectivity index (χ1n) is 14.1. The molecule has 0 spiro atoms. The minimum absolute atomic E-state index is 0.592. The van der Waals surface area contributed by atoms with Gasteiger partial charge < -0.3 is 4.43 Å². The fourth-order valence-electron chi connectivity index (χ4n) is 6.49. The summed E-state index contributed by atoms with van der Waals surface area (Å²) in [6, 6.07) is 42.7. The smallest absolute Gasteiger partial charge is 0.200 e. The lowest BCUT2D eigenvalue weighted by atomic mass is 10.2. The highest BCUT2D eigenvalue weighted by atomic mass is 31.2. The first kappa shape index (κ1) is 28.5. The second-order valence-corrected chi connectivity index (χ2v) is 20.3. The largest absolute Gasteiger partial charge is 0.412 e. The van der Waals surface area contributed by atoms with Gasteiger partial charge in [0.15, 0.2) is 0 Å². The number of hydrogen-bond acceptors (Lipinski definition) is 1. The number of hydrogen-bond donors (Lipinski definition) is 0. The van der Waals surface area contributed by atoms with E-state index >= 15 is 0 Å². The molecule has 0 fully saturated rings. The highest BCUT2D eigenvalue weighted by Crippen LogP contribution is 2.58. The van der Waals surface area contributed by atoms with Crippen molar-refractivity contribution in [2.75, 3.05) is 0 Å². The normalized spacial score (nSPS) is 12.4. The van der Waals surface area contributed by atoms with E-state index in [1.165, 1.54) is 27.0 Å². The molecule has 3 heteroatoms. The first-order valence-corrected chi connectivity index (χ1v) is 18.2. The third-order valence-electron chi connectivity index (χ3n) is 8.23. The summed E-state index contributed by atoms with van der Waals surface area (Å²) in [5.74, 6) is 0. The molecule has 0 aliphatic heterocycles. The van der Waals surface area contributed by atoms with Crippen molar-refractivity contribution in [3.8, 4) is 0 Å². The third kappa shape index (κ3) is 5.74. The van der Waals surface area contributed by atoms with Crippen molar-refractivity contribution in [2.24, 2.45) is 0 Å². The van der Waals surface area contributed by atoms with Crippen molar-refractivity contribution in [1.29, 1.82) is 0 Å². The molecule has 0 radical (unpaired) electrons. The molecular formula is C35H44OPSi+. The van der Waals surface area contributed by atoms with Crippen molar-refractivity contribution in [3.05, 3.63) is 126 Å². The van der Waals surface area contributed by atoms with Crippen LogP contribution in [0, 0.1) is 0 Å². The second kappa shape index (κ2) is 12.6. The highest BCUT2D eigenvalue weighted by Gasteiger charge is 2.46. The molecule has 0 aliphatic carbocycles. The van der Waals surface area contributed by atoms with Crippen LogP contribution in [0.4, 0.5) is 0 Å². The average molecular weight is 540 g/mol. The molecule has 0 N–H and O–H groups in total. The van der Waals surface area contributed by atoms with Crippen molar-refractivity contribution in [1.82, 2.24) is 0 Å². The van der Waals surface area contributed by atoms with Gasteiger partial charge in [0.05, 0.1) is 12.8 Å². The Hall–Kier alpha value is -2.51. The average Bonchev–Trinajstić information content (AvgIpc) is 2.94. The van der Waals surface area contributed by atoms with Crippen molar-refractivity contribution in [2.45, 2.75) is 70.9 Å². The molecule has 0 unspecified atom stereocenters. The fourth-order valence-corrected chi connectivity index (χ4v) is 16.2. The molecule has 0 saturated carbocycles. The van der Waals surface area contributed by atoms with Crippen LogP contribution in [0.2, 0.25) is 16.6 Å². The molecule has 0 heterocycles. The van der Waals surface area contributed by atoms with Crippen LogP contribution < -0.4 is 15.9 Å². The Balaban J connectivity index is 1.70. The summed E-state index contributed by atoms with van der Waals surface area (Å²) in [6.45, 7) is 14.8. The van der Waals surface area contributed by atoms with E-state index in [9.17, 15) is 0 Å². The molecule has 4 rings (SSSR count). The standard InChI is InChI=1S/C35H44OPSi/c1-28(2)38(29(3)4,30(5)6)36-26-31-22-24-32(25-23-31)27-37(33-16-10-7-11-17-33,34-18-12-8-13-19-34)35-20-14-9-15-21-35/h7-25,28-30H,26-27H2,1-6H3/q+1. The van der Waals surface area contributed by atoms with Gasteiger partial charge in [-0.2, -0.15) is 0 Å². The Morgan fingerprint density at radius 3 is 1.18 bits per heavy atom. The summed E-state index contributed by atoms with van der Waals surface area (Å²) in [6.07, 6.45) is 0.995. The highest BCUT2D eigenvalue weighted by molar-refractivity contribution is 7.95. The van der Waals surface area contributed by atoms with E-state index in [1.54, 1.807) is 0 Å². The topological polar surface area (TPSA) is 9.23 Å². The van der Waals surface area contributed by atoms with Gasteiger partial charge in [0.1, 0.15) is 23.2 Å². The van der Waals surface area contributed by atoms with Gasteiger partial charge in [0, 0.05) is 0 Å². The Bertz CT molecular complexity index is 1130. The van der Waals surface area contributed by atoms with Crippen LogP contribution in [0.1, 0.15) is 52.7 Å². The molecule has 4 aromatic carbocycles. The van der Waals surface area contributed by atoms with Gasteiger partial charge in [-0.05, 0) is 64.1 Å². The molecule has 0 bridgehead atoms. The van der Waals surface area contributed by atoms with Gasteiger partial charge >= 0.3 is 0 Å². The SMILES string of the molecule is CC(C)[Si](OCc1ccc(C[P+](c2ccccc2)(c2ccccc2)c2ccccc2)cc1)(C(C)C)C(C)C. The van der Waals surface area contributed by atoms with E-state index in [-0.39, 0.29) is 0 Å². The van der Waals surface area contributed by atoms with Gasteiger partial charge in [-0.1, -0.05) is 120 Å². The van der Waals surface area contributed by atoms with Crippen LogP contribution in [0.3, 0.4) is 0 Å². The minimum atomic E-state index is -1.90. The lowest BCUT2D eigenvalue weighted by Crippen LogP contribution is -2.47. The summed E-state index contributed by atoms with van der Waals surface area (Å²) < 4.78 is 6.89. The molecule has 0 saturated heterocycles. The van der Waals surface area contributed by atoms with Crippen molar-refractivity contribution >= 4 is 31.5 Å². The Labute approximate surface area is 232 Å². The van der Waals surface area contributed by atoms with Crippen LogP contribution in [0.5, 0.6) is 0 Å². The van der Waals surface area contributed by atoms with E-state index in [0.717, 1.165) is 6.16 Å². The monoisotopic (exact) mass is 539 g/mol. The van der Waals surface area contributed by atoms with Gasteiger partial charge in [-0.15, -0.1) is 0 Å². The lowest BCUT2D eigenvalue weighted by Gasteiger charge is -2.42. The van der Waals surface area contributed by atoms with Crippen LogP contribution in [-0.2, 0) is 17.2 Å². The molecule has 38 heavy (non-hydrogen) atoms. The second-order valence-electron chi connectivity index (χ2n) is 11.4. The summed E-state index contributed by atoms with van der Waals surface area (Å²) in [4.78, 5) is 0. The zero-order chi connectivity index (χ0) is 27.2. The molecule has 0 amide bonds. The Kier molecular flexibility index (Phi) is 9.42. The molecule has 4 aromatic rings. The van der Waals surface area contributed by atoms with Gasteiger partial charge in [0.25, 0.3) is 0 Å².